The predicted molar refractivity (Wildman–Crippen MR) is 77.9 cm³/mol. The van der Waals surface area contributed by atoms with Gasteiger partial charge in [0.1, 0.15) is 6.04 Å². The van der Waals surface area contributed by atoms with E-state index in [-0.39, 0.29) is 11.9 Å². The Kier molecular flexibility index (Phi) is 2.96. The smallest absolute Gasteiger partial charge is 0.276 e. The lowest BCUT2D eigenvalue weighted by atomic mass is 10.0. The van der Waals surface area contributed by atoms with Gasteiger partial charge in [-0.1, -0.05) is 6.07 Å². The molecular weight excluding hydrogens is 280 g/mol. The molecule has 1 atom stereocenters. The van der Waals surface area contributed by atoms with Crippen LogP contribution >= 0.6 is 0 Å². The molecule has 0 fully saturated rings. The fraction of sp³-hybridized carbons (Fsp3) is 0.200. The fourth-order valence-electron chi connectivity index (χ4n) is 2.90. The Morgan fingerprint density at radius 1 is 1.23 bits per heavy atom. The minimum Gasteiger partial charge on any atom is -0.347 e. The van der Waals surface area contributed by atoms with E-state index in [2.05, 4.69) is 25.0 Å². The summed E-state index contributed by atoms with van der Waals surface area (Å²) in [6.45, 7) is 1.36. The van der Waals surface area contributed by atoms with Crippen LogP contribution in [0.5, 0.6) is 0 Å². The lowest BCUT2D eigenvalue weighted by molar-refractivity contribution is 0.0654. The van der Waals surface area contributed by atoms with Gasteiger partial charge in [0, 0.05) is 31.2 Å². The first-order valence-corrected chi connectivity index (χ1v) is 7.07. The average Bonchev–Trinajstić information content (AvgIpc) is 3.25. The van der Waals surface area contributed by atoms with Gasteiger partial charge in [0.15, 0.2) is 5.69 Å². The highest BCUT2D eigenvalue weighted by Crippen LogP contribution is 2.31. The number of amides is 1. The van der Waals surface area contributed by atoms with Gasteiger partial charge in [-0.2, -0.15) is 15.4 Å². The summed E-state index contributed by atoms with van der Waals surface area (Å²) in [4.78, 5) is 19.0. The van der Waals surface area contributed by atoms with Crippen molar-refractivity contribution in [2.24, 2.45) is 0 Å². The van der Waals surface area contributed by atoms with Crippen LogP contribution in [0.3, 0.4) is 0 Å². The summed E-state index contributed by atoms with van der Waals surface area (Å²) < 4.78 is 2.16. The highest BCUT2D eigenvalue weighted by atomic mass is 16.2. The SMILES string of the molecule is O=C(c1cn[nH]n1)N1CCn2cccc2C1c1ccccn1. The number of nitrogens with one attached hydrogen (secondary N) is 1. The normalized spacial score (nSPS) is 17.3. The predicted octanol–water partition coefficient (Wildman–Crippen LogP) is 1.25. The Balaban J connectivity index is 1.79. The lowest BCUT2D eigenvalue weighted by Crippen LogP contribution is -2.42. The van der Waals surface area contributed by atoms with Gasteiger partial charge in [0.2, 0.25) is 0 Å². The van der Waals surface area contributed by atoms with Crippen LogP contribution in [0.15, 0.2) is 48.9 Å². The van der Waals surface area contributed by atoms with E-state index in [1.165, 1.54) is 6.20 Å². The molecule has 0 saturated heterocycles. The number of fused-ring (bicyclic) bond motifs is 1. The summed E-state index contributed by atoms with van der Waals surface area (Å²) in [5, 5.41) is 10.1. The number of pyridine rings is 1. The average molecular weight is 294 g/mol. The Labute approximate surface area is 126 Å². The standard InChI is InChI=1S/C15H14N6O/c22-15(12-10-17-19-18-12)21-9-8-20-7-3-5-13(20)14(21)11-4-1-2-6-16-11/h1-7,10,14H,8-9H2,(H,17,18,19). The van der Waals surface area contributed by atoms with Crippen molar-refractivity contribution in [1.82, 2.24) is 29.9 Å². The van der Waals surface area contributed by atoms with E-state index >= 15 is 0 Å². The van der Waals surface area contributed by atoms with E-state index in [0.29, 0.717) is 12.2 Å². The molecule has 1 N–H and O–H groups in total. The fourth-order valence-corrected chi connectivity index (χ4v) is 2.90. The van der Waals surface area contributed by atoms with Crippen molar-refractivity contribution < 1.29 is 4.79 Å². The first-order chi connectivity index (χ1) is 10.8. The zero-order valence-corrected chi connectivity index (χ0v) is 11.8. The highest BCUT2D eigenvalue weighted by Gasteiger charge is 2.34. The zero-order chi connectivity index (χ0) is 14.9. The number of hydrogen-bond acceptors (Lipinski definition) is 4. The van der Waals surface area contributed by atoms with Crippen LogP contribution in [0.2, 0.25) is 0 Å². The number of rotatable bonds is 2. The van der Waals surface area contributed by atoms with Gasteiger partial charge in [-0.3, -0.25) is 9.78 Å². The molecule has 7 nitrogen and oxygen atoms in total. The molecule has 1 aliphatic heterocycles. The van der Waals surface area contributed by atoms with Crippen LogP contribution in [0.25, 0.3) is 0 Å². The molecule has 1 amide bonds. The maximum absolute atomic E-state index is 12.7. The summed E-state index contributed by atoms with van der Waals surface area (Å²) in [5.41, 5.74) is 2.22. The van der Waals surface area contributed by atoms with Gasteiger partial charge in [0.05, 0.1) is 11.9 Å². The van der Waals surface area contributed by atoms with Crippen LogP contribution in [-0.4, -0.2) is 42.3 Å². The molecule has 3 aromatic heterocycles. The van der Waals surface area contributed by atoms with Crippen molar-refractivity contribution in [3.63, 3.8) is 0 Å². The Morgan fingerprint density at radius 3 is 2.95 bits per heavy atom. The van der Waals surface area contributed by atoms with E-state index in [1.54, 1.807) is 11.1 Å². The first kappa shape index (κ1) is 12.8. The van der Waals surface area contributed by atoms with E-state index in [1.807, 2.05) is 36.5 Å². The number of aromatic amines is 1. The second kappa shape index (κ2) is 5.10. The molecule has 1 aliphatic rings. The summed E-state index contributed by atoms with van der Waals surface area (Å²) in [6.07, 6.45) is 5.23. The van der Waals surface area contributed by atoms with Gasteiger partial charge in [-0.25, -0.2) is 0 Å². The minimum atomic E-state index is -0.214. The molecule has 4 rings (SSSR count). The summed E-state index contributed by atoms with van der Waals surface area (Å²) in [7, 11) is 0. The molecule has 0 bridgehead atoms. The largest absolute Gasteiger partial charge is 0.347 e. The second-order valence-electron chi connectivity index (χ2n) is 5.14. The molecule has 0 saturated carbocycles. The van der Waals surface area contributed by atoms with E-state index in [0.717, 1.165) is 17.9 Å². The van der Waals surface area contributed by atoms with Crippen LogP contribution in [0, 0.1) is 0 Å². The molecule has 0 radical (unpaired) electrons. The maximum Gasteiger partial charge on any atom is 0.276 e. The van der Waals surface area contributed by atoms with Crippen molar-refractivity contribution in [3.05, 3.63) is 66.0 Å². The number of H-pyrrole nitrogens is 1. The molecule has 1 unspecified atom stereocenters. The van der Waals surface area contributed by atoms with Crippen LogP contribution < -0.4 is 0 Å². The molecule has 110 valence electrons. The molecule has 0 aromatic carbocycles. The van der Waals surface area contributed by atoms with Gasteiger partial charge in [0.25, 0.3) is 5.91 Å². The minimum absolute atomic E-state index is 0.142. The van der Waals surface area contributed by atoms with Crippen LogP contribution in [0.1, 0.15) is 27.9 Å². The molecular formula is C15H14N6O. The lowest BCUT2D eigenvalue weighted by Gasteiger charge is -2.36. The summed E-state index contributed by atoms with van der Waals surface area (Å²) in [6, 6.07) is 9.56. The Morgan fingerprint density at radius 2 is 2.18 bits per heavy atom. The Hall–Kier alpha value is -2.96. The van der Waals surface area contributed by atoms with E-state index in [4.69, 9.17) is 0 Å². The maximum atomic E-state index is 12.7. The summed E-state index contributed by atoms with van der Waals surface area (Å²) in [5.74, 6) is -0.142. The van der Waals surface area contributed by atoms with Crippen LogP contribution in [-0.2, 0) is 6.54 Å². The summed E-state index contributed by atoms with van der Waals surface area (Å²) >= 11 is 0. The number of carbonyl (C=O) groups is 1. The van der Waals surface area contributed by atoms with Crippen molar-refractivity contribution in [2.45, 2.75) is 12.6 Å². The second-order valence-corrected chi connectivity index (χ2v) is 5.14. The number of carbonyl (C=O) groups excluding carboxylic acids is 1. The molecule has 0 aliphatic carbocycles. The third-order valence-electron chi connectivity index (χ3n) is 3.90. The molecule has 4 heterocycles. The van der Waals surface area contributed by atoms with Crippen molar-refractivity contribution in [2.75, 3.05) is 6.54 Å². The van der Waals surface area contributed by atoms with Crippen molar-refractivity contribution in [3.8, 4) is 0 Å². The molecule has 3 aromatic rings. The van der Waals surface area contributed by atoms with Gasteiger partial charge >= 0.3 is 0 Å². The van der Waals surface area contributed by atoms with Gasteiger partial charge in [-0.05, 0) is 24.3 Å². The van der Waals surface area contributed by atoms with Crippen LogP contribution in [0.4, 0.5) is 0 Å². The third-order valence-corrected chi connectivity index (χ3v) is 3.90. The van der Waals surface area contributed by atoms with Gasteiger partial charge < -0.3 is 9.47 Å². The number of aromatic nitrogens is 5. The monoisotopic (exact) mass is 294 g/mol. The number of nitrogens with zero attached hydrogens (tertiary/aromatic N) is 5. The third kappa shape index (κ3) is 1.98. The van der Waals surface area contributed by atoms with E-state index < -0.39 is 0 Å². The topological polar surface area (TPSA) is 79.7 Å². The van der Waals surface area contributed by atoms with E-state index in [9.17, 15) is 4.79 Å². The number of hydrogen-bond donors (Lipinski definition) is 1. The quantitative estimate of drug-likeness (QED) is 0.771. The molecule has 7 heteroatoms. The van der Waals surface area contributed by atoms with Crippen molar-refractivity contribution >= 4 is 5.91 Å². The first-order valence-electron chi connectivity index (χ1n) is 7.07. The highest BCUT2D eigenvalue weighted by molar-refractivity contribution is 5.92. The zero-order valence-electron chi connectivity index (χ0n) is 11.8. The molecule has 0 spiro atoms. The Bertz CT molecular complexity index is 779. The van der Waals surface area contributed by atoms with Crippen molar-refractivity contribution in [1.29, 1.82) is 0 Å². The van der Waals surface area contributed by atoms with Gasteiger partial charge in [-0.15, -0.1) is 0 Å². The molecule has 22 heavy (non-hydrogen) atoms.